The second kappa shape index (κ2) is 5.04. The zero-order chi connectivity index (χ0) is 14.2. The van der Waals surface area contributed by atoms with Crippen molar-refractivity contribution in [3.8, 4) is 0 Å². The van der Waals surface area contributed by atoms with Crippen molar-refractivity contribution in [2.75, 3.05) is 0 Å². The average Bonchev–Trinajstić information content (AvgIpc) is 2.63. The second-order valence-corrected chi connectivity index (χ2v) is 5.25. The number of fused-ring (bicyclic) bond motifs is 1. The molecular weight excluding hydrogens is 277 g/mol. The van der Waals surface area contributed by atoms with Gasteiger partial charge >= 0.3 is 6.18 Å². The zero-order valence-electron chi connectivity index (χ0n) is 10.6. The lowest BCUT2D eigenvalue weighted by Gasteiger charge is -2.12. The second-order valence-electron chi connectivity index (χ2n) is 4.59. The molecule has 6 heteroatoms. The molecule has 0 aliphatic carbocycles. The molecule has 104 valence electrons. The van der Waals surface area contributed by atoms with Crippen LogP contribution >= 0.6 is 11.6 Å². The van der Waals surface area contributed by atoms with Crippen LogP contribution in [0.25, 0.3) is 11.0 Å². The van der Waals surface area contributed by atoms with Gasteiger partial charge in [-0.05, 0) is 31.5 Å². The fourth-order valence-electron chi connectivity index (χ4n) is 2.04. The summed E-state index contributed by atoms with van der Waals surface area (Å²) in [6.45, 7) is 3.47. The zero-order valence-corrected chi connectivity index (χ0v) is 11.4. The maximum Gasteiger partial charge on any atom is 0.390 e. The van der Waals surface area contributed by atoms with Crippen molar-refractivity contribution >= 4 is 22.6 Å². The number of hydrogen-bond acceptors (Lipinski definition) is 1. The van der Waals surface area contributed by atoms with Gasteiger partial charge in [-0.2, -0.15) is 13.2 Å². The topological polar surface area (TPSA) is 17.8 Å². The van der Waals surface area contributed by atoms with Gasteiger partial charge in [-0.3, -0.25) is 0 Å². The van der Waals surface area contributed by atoms with Crippen LogP contribution in [0.4, 0.5) is 13.2 Å². The lowest BCUT2D eigenvalue weighted by Crippen LogP contribution is -2.14. The summed E-state index contributed by atoms with van der Waals surface area (Å²) in [5, 5.41) is -0.430. The van der Waals surface area contributed by atoms with Gasteiger partial charge in [0.05, 0.1) is 22.8 Å². The highest BCUT2D eigenvalue weighted by Crippen LogP contribution is 2.28. The number of hydrogen-bond donors (Lipinski definition) is 0. The van der Waals surface area contributed by atoms with Crippen LogP contribution in [-0.2, 0) is 6.54 Å². The summed E-state index contributed by atoms with van der Waals surface area (Å²) in [6, 6.07) is 5.50. The molecule has 1 heterocycles. The first kappa shape index (κ1) is 14.2. The normalized spacial score (nSPS) is 14.0. The minimum atomic E-state index is -4.19. The highest BCUT2D eigenvalue weighted by Gasteiger charge is 2.28. The fourth-order valence-corrected chi connectivity index (χ4v) is 2.20. The van der Waals surface area contributed by atoms with E-state index in [1.807, 2.05) is 19.1 Å². The molecule has 0 saturated heterocycles. The molecule has 2 nitrogen and oxygen atoms in total. The molecule has 0 N–H and O–H groups in total. The predicted molar refractivity (Wildman–Crippen MR) is 69.4 cm³/mol. The van der Waals surface area contributed by atoms with Crippen molar-refractivity contribution in [2.24, 2.45) is 0 Å². The first-order valence-electron chi connectivity index (χ1n) is 5.95. The number of alkyl halides is 4. The molecule has 0 fully saturated rings. The summed E-state index contributed by atoms with van der Waals surface area (Å²) in [7, 11) is 0. The predicted octanol–water partition coefficient (Wildman–Crippen LogP) is 4.60. The van der Waals surface area contributed by atoms with Crippen molar-refractivity contribution in [3.05, 3.63) is 29.6 Å². The van der Waals surface area contributed by atoms with Crippen molar-refractivity contribution in [2.45, 2.75) is 38.4 Å². The molecule has 0 amide bonds. The lowest BCUT2D eigenvalue weighted by atomic mass is 10.2. The molecule has 2 aromatic rings. The Morgan fingerprint density at radius 1 is 1.37 bits per heavy atom. The van der Waals surface area contributed by atoms with E-state index in [2.05, 4.69) is 4.98 Å². The first-order valence-corrected chi connectivity index (χ1v) is 6.39. The Morgan fingerprint density at radius 3 is 2.63 bits per heavy atom. The van der Waals surface area contributed by atoms with Crippen LogP contribution in [-0.4, -0.2) is 15.7 Å². The van der Waals surface area contributed by atoms with Gasteiger partial charge in [-0.25, -0.2) is 4.98 Å². The molecule has 0 spiro atoms. The molecule has 0 radical (unpaired) electrons. The quantitative estimate of drug-likeness (QED) is 0.756. The van der Waals surface area contributed by atoms with E-state index in [1.54, 1.807) is 17.6 Å². The molecule has 1 aromatic carbocycles. The van der Waals surface area contributed by atoms with Gasteiger partial charge in [-0.15, -0.1) is 11.6 Å². The van der Waals surface area contributed by atoms with Gasteiger partial charge in [0.25, 0.3) is 0 Å². The summed E-state index contributed by atoms with van der Waals surface area (Å²) >= 11 is 6.00. The third-order valence-electron chi connectivity index (χ3n) is 2.91. The van der Waals surface area contributed by atoms with Crippen molar-refractivity contribution in [1.82, 2.24) is 9.55 Å². The Bertz CT molecular complexity index is 587. The van der Waals surface area contributed by atoms with Gasteiger partial charge in [-0.1, -0.05) is 6.07 Å². The van der Waals surface area contributed by atoms with E-state index in [1.165, 1.54) is 0 Å². The van der Waals surface area contributed by atoms with Crippen LogP contribution in [0.3, 0.4) is 0 Å². The Balaban J connectivity index is 2.46. The minimum Gasteiger partial charge on any atom is -0.326 e. The molecule has 1 atom stereocenters. The fraction of sp³-hybridized carbons (Fsp3) is 0.462. The number of aromatic nitrogens is 2. The molecule has 1 aromatic heterocycles. The molecule has 0 saturated carbocycles. The van der Waals surface area contributed by atoms with Crippen molar-refractivity contribution < 1.29 is 13.2 Å². The van der Waals surface area contributed by atoms with Gasteiger partial charge in [0.15, 0.2) is 0 Å². The van der Waals surface area contributed by atoms with E-state index in [4.69, 9.17) is 11.6 Å². The maximum atomic E-state index is 12.4. The molecule has 0 bridgehead atoms. The SMILES string of the molecule is Cc1ccc2c(c1)nc(C(C)Cl)n2CCC(F)(F)F. The minimum absolute atomic E-state index is 0.157. The number of nitrogens with zero attached hydrogens (tertiary/aromatic N) is 2. The van der Waals surface area contributed by atoms with E-state index in [9.17, 15) is 13.2 Å². The standard InChI is InChI=1S/C13H14ClF3N2/c1-8-3-4-11-10(7-8)18-12(9(2)14)19(11)6-5-13(15,16)17/h3-4,7,9H,5-6H2,1-2H3. The highest BCUT2D eigenvalue weighted by atomic mass is 35.5. The van der Waals surface area contributed by atoms with E-state index in [-0.39, 0.29) is 6.54 Å². The number of rotatable bonds is 3. The molecular formula is C13H14ClF3N2. The largest absolute Gasteiger partial charge is 0.390 e. The van der Waals surface area contributed by atoms with Crippen molar-refractivity contribution in [1.29, 1.82) is 0 Å². The lowest BCUT2D eigenvalue weighted by molar-refractivity contribution is -0.136. The summed E-state index contributed by atoms with van der Waals surface area (Å²) < 4.78 is 38.7. The van der Waals surface area contributed by atoms with E-state index < -0.39 is 18.0 Å². The number of aryl methyl sites for hydroxylation is 2. The van der Waals surface area contributed by atoms with Crippen LogP contribution in [0.15, 0.2) is 18.2 Å². The Hall–Kier alpha value is -1.23. The number of halogens is 4. The summed E-state index contributed by atoms with van der Waals surface area (Å²) in [5.74, 6) is 0.478. The van der Waals surface area contributed by atoms with Crippen molar-refractivity contribution in [3.63, 3.8) is 0 Å². The van der Waals surface area contributed by atoms with Crippen LogP contribution in [0.5, 0.6) is 0 Å². The monoisotopic (exact) mass is 290 g/mol. The van der Waals surface area contributed by atoms with E-state index >= 15 is 0 Å². The molecule has 1 unspecified atom stereocenters. The van der Waals surface area contributed by atoms with Gasteiger partial charge in [0, 0.05) is 6.54 Å². The number of imidazole rings is 1. The van der Waals surface area contributed by atoms with E-state index in [0.29, 0.717) is 16.9 Å². The Kier molecular flexibility index (Phi) is 3.76. The van der Waals surface area contributed by atoms with Crippen LogP contribution < -0.4 is 0 Å². The van der Waals surface area contributed by atoms with Crippen LogP contribution in [0.2, 0.25) is 0 Å². The molecule has 2 rings (SSSR count). The average molecular weight is 291 g/mol. The van der Waals surface area contributed by atoms with Gasteiger partial charge < -0.3 is 4.57 Å². The Labute approximate surface area is 114 Å². The highest BCUT2D eigenvalue weighted by molar-refractivity contribution is 6.20. The van der Waals surface area contributed by atoms with Crippen LogP contribution in [0, 0.1) is 6.92 Å². The third-order valence-corrected chi connectivity index (χ3v) is 3.10. The van der Waals surface area contributed by atoms with Gasteiger partial charge in [0.1, 0.15) is 5.82 Å². The number of benzene rings is 1. The van der Waals surface area contributed by atoms with E-state index in [0.717, 1.165) is 5.56 Å². The Morgan fingerprint density at radius 2 is 2.05 bits per heavy atom. The van der Waals surface area contributed by atoms with Crippen LogP contribution in [0.1, 0.15) is 30.1 Å². The molecule has 19 heavy (non-hydrogen) atoms. The first-order chi connectivity index (χ1) is 8.78. The molecule has 0 aliphatic heterocycles. The summed E-state index contributed by atoms with van der Waals surface area (Å²) in [6.07, 6.45) is -5.07. The maximum absolute atomic E-state index is 12.4. The smallest absolute Gasteiger partial charge is 0.326 e. The summed E-state index contributed by atoms with van der Waals surface area (Å²) in [4.78, 5) is 4.34. The summed E-state index contributed by atoms with van der Waals surface area (Å²) in [5.41, 5.74) is 2.39. The third kappa shape index (κ3) is 3.21. The molecule has 0 aliphatic rings. The van der Waals surface area contributed by atoms with Gasteiger partial charge in [0.2, 0.25) is 0 Å².